The van der Waals surface area contributed by atoms with Crippen molar-refractivity contribution >= 4 is 11.5 Å². The Morgan fingerprint density at radius 2 is 2.00 bits per heavy atom. The molecule has 1 aromatic carbocycles. The Morgan fingerprint density at radius 3 is 2.59 bits per heavy atom. The third kappa shape index (κ3) is 4.19. The van der Waals surface area contributed by atoms with Crippen LogP contribution in [0.25, 0.3) is 5.57 Å². The van der Waals surface area contributed by atoms with E-state index in [4.69, 9.17) is 9.84 Å². The number of carboxylic acid groups (broad SMARTS) is 1. The number of ether oxygens (including phenoxy) is 1. The molecule has 0 spiro atoms. The number of carbonyl (C=O) groups is 1. The summed E-state index contributed by atoms with van der Waals surface area (Å²) >= 11 is 0. The fourth-order valence-corrected chi connectivity index (χ4v) is 1.96. The number of benzene rings is 1. The molecular formula is C18H19NO3. The highest BCUT2D eigenvalue weighted by Gasteiger charge is 2.12. The van der Waals surface area contributed by atoms with E-state index in [-0.39, 0.29) is 0 Å². The molecule has 0 bridgehead atoms. The lowest BCUT2D eigenvalue weighted by atomic mass is 10.0. The SMILES string of the molecule is CC(=CCOc1ccc(C(C)C(=O)O)cc1)c1ccccn1. The maximum atomic E-state index is 10.9. The lowest BCUT2D eigenvalue weighted by molar-refractivity contribution is -0.138. The first-order valence-electron chi connectivity index (χ1n) is 7.11. The molecule has 0 aliphatic rings. The zero-order chi connectivity index (χ0) is 15.9. The van der Waals surface area contributed by atoms with Crippen LogP contribution in [-0.2, 0) is 4.79 Å². The van der Waals surface area contributed by atoms with Gasteiger partial charge in [-0.15, -0.1) is 0 Å². The van der Waals surface area contributed by atoms with Gasteiger partial charge in [0.2, 0.25) is 0 Å². The third-order valence-corrected chi connectivity index (χ3v) is 3.46. The number of nitrogens with zero attached hydrogens (tertiary/aromatic N) is 1. The Kier molecular flexibility index (Phi) is 5.31. The van der Waals surface area contributed by atoms with E-state index < -0.39 is 11.9 Å². The first-order valence-corrected chi connectivity index (χ1v) is 7.11. The van der Waals surface area contributed by atoms with Gasteiger partial charge in [0.25, 0.3) is 0 Å². The molecule has 0 saturated heterocycles. The van der Waals surface area contributed by atoms with Crippen LogP contribution < -0.4 is 4.74 Å². The molecule has 1 N–H and O–H groups in total. The standard InChI is InChI=1S/C18H19NO3/c1-13(17-5-3-4-11-19-17)10-12-22-16-8-6-15(7-9-16)14(2)18(20)21/h3-11,14H,12H2,1-2H3,(H,20,21). The third-order valence-electron chi connectivity index (χ3n) is 3.46. The van der Waals surface area contributed by atoms with E-state index >= 15 is 0 Å². The summed E-state index contributed by atoms with van der Waals surface area (Å²) in [6.45, 7) is 4.09. The van der Waals surface area contributed by atoms with Crippen LogP contribution in [-0.4, -0.2) is 22.7 Å². The lowest BCUT2D eigenvalue weighted by Crippen LogP contribution is -2.07. The predicted molar refractivity (Wildman–Crippen MR) is 85.9 cm³/mol. The van der Waals surface area contributed by atoms with Gasteiger partial charge in [0.15, 0.2) is 0 Å². The van der Waals surface area contributed by atoms with Crippen LogP contribution in [0.2, 0.25) is 0 Å². The van der Waals surface area contributed by atoms with Crippen molar-refractivity contribution in [3.63, 3.8) is 0 Å². The summed E-state index contributed by atoms with van der Waals surface area (Å²) in [5, 5.41) is 8.97. The van der Waals surface area contributed by atoms with Gasteiger partial charge in [0.1, 0.15) is 12.4 Å². The van der Waals surface area contributed by atoms with Crippen LogP contribution in [0.5, 0.6) is 5.75 Å². The summed E-state index contributed by atoms with van der Waals surface area (Å²) in [6, 6.07) is 12.9. The van der Waals surface area contributed by atoms with E-state index in [1.807, 2.05) is 31.2 Å². The van der Waals surface area contributed by atoms with Gasteiger partial charge in [0.05, 0.1) is 11.6 Å². The van der Waals surface area contributed by atoms with Gasteiger partial charge >= 0.3 is 5.97 Å². The van der Waals surface area contributed by atoms with Crippen molar-refractivity contribution in [2.45, 2.75) is 19.8 Å². The highest BCUT2D eigenvalue weighted by atomic mass is 16.5. The molecule has 4 heteroatoms. The van der Waals surface area contributed by atoms with Crippen LogP contribution in [0, 0.1) is 0 Å². The largest absolute Gasteiger partial charge is 0.490 e. The molecule has 0 aliphatic carbocycles. The van der Waals surface area contributed by atoms with Crippen molar-refractivity contribution in [1.29, 1.82) is 0 Å². The summed E-state index contributed by atoms with van der Waals surface area (Å²) in [6.07, 6.45) is 3.73. The molecule has 2 aromatic rings. The molecule has 4 nitrogen and oxygen atoms in total. The minimum absolute atomic E-state index is 0.441. The van der Waals surface area contributed by atoms with Crippen molar-refractivity contribution in [2.24, 2.45) is 0 Å². The summed E-state index contributed by atoms with van der Waals surface area (Å²) in [5.41, 5.74) is 2.74. The summed E-state index contributed by atoms with van der Waals surface area (Å²) < 4.78 is 5.64. The summed E-state index contributed by atoms with van der Waals surface area (Å²) in [4.78, 5) is 15.2. The van der Waals surface area contributed by atoms with Gasteiger partial charge in [-0.3, -0.25) is 9.78 Å². The Labute approximate surface area is 130 Å². The van der Waals surface area contributed by atoms with E-state index in [1.54, 1.807) is 37.4 Å². The summed E-state index contributed by atoms with van der Waals surface area (Å²) in [7, 11) is 0. The number of pyridine rings is 1. The Bertz CT molecular complexity index is 648. The molecule has 0 saturated carbocycles. The molecular weight excluding hydrogens is 278 g/mol. The second-order valence-corrected chi connectivity index (χ2v) is 5.04. The van der Waals surface area contributed by atoms with Crippen molar-refractivity contribution < 1.29 is 14.6 Å². The second-order valence-electron chi connectivity index (χ2n) is 5.04. The maximum absolute atomic E-state index is 10.9. The van der Waals surface area contributed by atoms with Crippen LogP contribution in [0.4, 0.5) is 0 Å². The highest BCUT2D eigenvalue weighted by Crippen LogP contribution is 2.19. The van der Waals surface area contributed by atoms with E-state index in [1.165, 1.54) is 0 Å². The zero-order valence-corrected chi connectivity index (χ0v) is 12.7. The number of hydrogen-bond acceptors (Lipinski definition) is 3. The fourth-order valence-electron chi connectivity index (χ4n) is 1.96. The zero-order valence-electron chi connectivity index (χ0n) is 12.7. The van der Waals surface area contributed by atoms with E-state index in [9.17, 15) is 4.79 Å². The van der Waals surface area contributed by atoms with E-state index in [0.717, 1.165) is 16.8 Å². The average molecular weight is 297 g/mol. The minimum atomic E-state index is -0.831. The smallest absolute Gasteiger partial charge is 0.310 e. The van der Waals surface area contributed by atoms with Crippen molar-refractivity contribution in [3.8, 4) is 5.75 Å². The van der Waals surface area contributed by atoms with Gasteiger partial charge in [-0.05, 0) is 55.3 Å². The Balaban J connectivity index is 1.93. The lowest BCUT2D eigenvalue weighted by Gasteiger charge is -2.08. The van der Waals surface area contributed by atoms with Crippen LogP contribution in [0.15, 0.2) is 54.7 Å². The molecule has 1 unspecified atom stereocenters. The minimum Gasteiger partial charge on any atom is -0.490 e. The molecule has 0 fully saturated rings. The van der Waals surface area contributed by atoms with Gasteiger partial charge in [-0.25, -0.2) is 0 Å². The number of aliphatic carboxylic acids is 1. The van der Waals surface area contributed by atoms with E-state index in [0.29, 0.717) is 12.4 Å². The number of hydrogen-bond donors (Lipinski definition) is 1. The number of allylic oxidation sites excluding steroid dienone is 1. The van der Waals surface area contributed by atoms with Gasteiger partial charge in [-0.1, -0.05) is 18.2 Å². The van der Waals surface area contributed by atoms with Crippen molar-refractivity contribution in [2.75, 3.05) is 6.61 Å². The Morgan fingerprint density at radius 1 is 1.27 bits per heavy atom. The molecule has 1 aromatic heterocycles. The molecule has 0 radical (unpaired) electrons. The molecule has 1 heterocycles. The topological polar surface area (TPSA) is 59.4 Å². The molecule has 1 atom stereocenters. The normalized spacial score (nSPS) is 12.7. The van der Waals surface area contributed by atoms with Crippen LogP contribution in [0.3, 0.4) is 0 Å². The Hall–Kier alpha value is -2.62. The number of carboxylic acids is 1. The highest BCUT2D eigenvalue weighted by molar-refractivity contribution is 5.75. The first kappa shape index (κ1) is 15.8. The van der Waals surface area contributed by atoms with Crippen molar-refractivity contribution in [3.05, 3.63) is 66.0 Å². The van der Waals surface area contributed by atoms with Gasteiger partial charge < -0.3 is 9.84 Å². The van der Waals surface area contributed by atoms with Gasteiger partial charge in [-0.2, -0.15) is 0 Å². The molecule has 114 valence electrons. The average Bonchev–Trinajstić information content (AvgIpc) is 2.55. The van der Waals surface area contributed by atoms with Gasteiger partial charge in [0, 0.05) is 6.20 Å². The molecule has 2 rings (SSSR count). The summed E-state index contributed by atoms with van der Waals surface area (Å²) in [5.74, 6) is -0.630. The quantitative estimate of drug-likeness (QED) is 0.882. The first-order chi connectivity index (χ1) is 10.6. The van der Waals surface area contributed by atoms with Crippen molar-refractivity contribution in [1.82, 2.24) is 4.98 Å². The molecule has 0 amide bonds. The fraction of sp³-hybridized carbons (Fsp3) is 0.222. The number of aromatic nitrogens is 1. The predicted octanol–water partition coefficient (Wildman–Crippen LogP) is 3.75. The second kappa shape index (κ2) is 7.41. The monoisotopic (exact) mass is 297 g/mol. The van der Waals surface area contributed by atoms with Crippen LogP contribution in [0.1, 0.15) is 31.0 Å². The maximum Gasteiger partial charge on any atom is 0.310 e. The van der Waals surface area contributed by atoms with E-state index in [2.05, 4.69) is 4.98 Å². The number of rotatable bonds is 6. The van der Waals surface area contributed by atoms with Crippen LogP contribution >= 0.6 is 0 Å². The molecule has 22 heavy (non-hydrogen) atoms. The molecule has 0 aliphatic heterocycles.